The number of methoxy groups -OCH3 is 2. The number of thioether (sulfide) groups is 1. The topological polar surface area (TPSA) is 88.6 Å². The van der Waals surface area contributed by atoms with Crippen molar-refractivity contribution >= 4 is 29.3 Å². The average molecular weight is 432 g/mol. The Labute approximate surface area is 181 Å². The Morgan fingerprint density at radius 3 is 2.63 bits per heavy atom. The number of hydrogen-bond acceptors (Lipinski definition) is 8. The molecule has 2 N–H and O–H groups in total. The second-order valence-corrected chi connectivity index (χ2v) is 7.70. The number of aryl methyl sites for hydroxylation is 1. The highest BCUT2D eigenvalue weighted by atomic mass is 32.2. The summed E-state index contributed by atoms with van der Waals surface area (Å²) in [7, 11) is 3.24. The van der Waals surface area contributed by atoms with Gasteiger partial charge in [0.05, 0.1) is 14.2 Å². The number of rotatable bonds is 9. The third-order valence-electron chi connectivity index (χ3n) is 4.90. The SMILES string of the molecule is COc1ccc(CCCC(=O)Nc2cc(N3CCNCC3)nc(SC)n2)cc1OC. The van der Waals surface area contributed by atoms with Gasteiger partial charge in [0.15, 0.2) is 16.7 Å². The second-order valence-electron chi connectivity index (χ2n) is 6.93. The van der Waals surface area contributed by atoms with Gasteiger partial charge in [0.2, 0.25) is 5.91 Å². The second kappa shape index (κ2) is 11.0. The van der Waals surface area contributed by atoms with Crippen molar-refractivity contribution in [3.63, 3.8) is 0 Å². The number of piperazine rings is 1. The van der Waals surface area contributed by atoms with Gasteiger partial charge in [-0.15, -0.1) is 0 Å². The molecule has 2 aromatic rings. The quantitative estimate of drug-likeness (QED) is 0.463. The fraction of sp³-hybridized carbons (Fsp3) is 0.476. The molecule has 0 saturated carbocycles. The number of carbonyl (C=O) groups excluding carboxylic acids is 1. The summed E-state index contributed by atoms with van der Waals surface area (Å²) in [5.41, 5.74) is 1.10. The van der Waals surface area contributed by atoms with Crippen LogP contribution in [0.15, 0.2) is 29.4 Å². The average Bonchev–Trinajstić information content (AvgIpc) is 2.79. The van der Waals surface area contributed by atoms with E-state index in [9.17, 15) is 4.79 Å². The Kier molecular flexibility index (Phi) is 8.15. The maximum absolute atomic E-state index is 12.5. The zero-order chi connectivity index (χ0) is 21.3. The molecule has 1 saturated heterocycles. The van der Waals surface area contributed by atoms with Crippen molar-refractivity contribution in [1.82, 2.24) is 15.3 Å². The first-order chi connectivity index (χ1) is 14.6. The molecular weight excluding hydrogens is 402 g/mol. The van der Waals surface area contributed by atoms with E-state index in [4.69, 9.17) is 9.47 Å². The zero-order valence-electron chi connectivity index (χ0n) is 17.7. The number of nitrogens with zero attached hydrogens (tertiary/aromatic N) is 3. The lowest BCUT2D eigenvalue weighted by Crippen LogP contribution is -2.44. The minimum absolute atomic E-state index is 0.0486. The van der Waals surface area contributed by atoms with E-state index in [0.29, 0.717) is 28.9 Å². The number of hydrogen-bond donors (Lipinski definition) is 2. The van der Waals surface area contributed by atoms with Gasteiger partial charge >= 0.3 is 0 Å². The van der Waals surface area contributed by atoms with Crippen LogP contribution in [-0.2, 0) is 11.2 Å². The van der Waals surface area contributed by atoms with E-state index in [2.05, 4.69) is 25.5 Å². The van der Waals surface area contributed by atoms with Gasteiger partial charge < -0.3 is 25.0 Å². The van der Waals surface area contributed by atoms with Gasteiger partial charge in [0.25, 0.3) is 0 Å². The number of amides is 1. The molecule has 2 heterocycles. The van der Waals surface area contributed by atoms with E-state index >= 15 is 0 Å². The number of aromatic nitrogens is 2. The number of nitrogens with one attached hydrogen (secondary N) is 2. The van der Waals surface area contributed by atoms with Gasteiger partial charge in [-0.1, -0.05) is 17.8 Å². The summed E-state index contributed by atoms with van der Waals surface area (Å²) < 4.78 is 10.6. The molecule has 0 spiro atoms. The summed E-state index contributed by atoms with van der Waals surface area (Å²) in [6.45, 7) is 3.64. The first kappa shape index (κ1) is 22.2. The summed E-state index contributed by atoms with van der Waals surface area (Å²) in [6, 6.07) is 7.69. The van der Waals surface area contributed by atoms with E-state index in [-0.39, 0.29) is 5.91 Å². The molecule has 1 aromatic carbocycles. The van der Waals surface area contributed by atoms with Gasteiger partial charge in [0.1, 0.15) is 11.6 Å². The molecule has 162 valence electrons. The molecule has 1 aliphatic heterocycles. The van der Waals surface area contributed by atoms with Crippen LogP contribution in [0.2, 0.25) is 0 Å². The number of ether oxygens (including phenoxy) is 2. The summed E-state index contributed by atoms with van der Waals surface area (Å²) in [4.78, 5) is 23.7. The van der Waals surface area contributed by atoms with Crippen LogP contribution in [0.3, 0.4) is 0 Å². The summed E-state index contributed by atoms with van der Waals surface area (Å²) >= 11 is 1.47. The molecule has 0 radical (unpaired) electrons. The molecule has 0 atom stereocenters. The van der Waals surface area contributed by atoms with Crippen molar-refractivity contribution in [2.75, 3.05) is 56.9 Å². The van der Waals surface area contributed by atoms with Crippen LogP contribution in [0, 0.1) is 0 Å². The first-order valence-corrected chi connectivity index (χ1v) is 11.2. The molecule has 8 nitrogen and oxygen atoms in total. The van der Waals surface area contributed by atoms with Crippen molar-refractivity contribution in [3.05, 3.63) is 29.8 Å². The van der Waals surface area contributed by atoms with Crippen LogP contribution >= 0.6 is 11.8 Å². The molecule has 3 rings (SSSR count). The van der Waals surface area contributed by atoms with Crippen LogP contribution in [0.5, 0.6) is 11.5 Å². The number of carbonyl (C=O) groups is 1. The van der Waals surface area contributed by atoms with Crippen molar-refractivity contribution in [2.45, 2.75) is 24.4 Å². The third-order valence-corrected chi connectivity index (χ3v) is 5.45. The predicted octanol–water partition coefficient (Wildman–Crippen LogP) is 2.59. The number of anilines is 2. The Morgan fingerprint density at radius 2 is 1.93 bits per heavy atom. The van der Waals surface area contributed by atoms with Crippen LogP contribution < -0.4 is 25.0 Å². The van der Waals surface area contributed by atoms with Crippen molar-refractivity contribution < 1.29 is 14.3 Å². The van der Waals surface area contributed by atoms with E-state index in [1.54, 1.807) is 14.2 Å². The fourth-order valence-corrected chi connectivity index (χ4v) is 3.69. The molecule has 0 unspecified atom stereocenters. The maximum Gasteiger partial charge on any atom is 0.225 e. The minimum Gasteiger partial charge on any atom is -0.493 e. The lowest BCUT2D eigenvalue weighted by Gasteiger charge is -2.28. The van der Waals surface area contributed by atoms with Crippen molar-refractivity contribution in [2.24, 2.45) is 0 Å². The first-order valence-electron chi connectivity index (χ1n) is 10.0. The molecule has 1 amide bonds. The van der Waals surface area contributed by atoms with Crippen LogP contribution in [0.25, 0.3) is 0 Å². The summed E-state index contributed by atoms with van der Waals surface area (Å²) in [6.07, 6.45) is 3.85. The third kappa shape index (κ3) is 5.99. The maximum atomic E-state index is 12.5. The van der Waals surface area contributed by atoms with Gasteiger partial charge in [-0.05, 0) is 36.8 Å². The summed E-state index contributed by atoms with van der Waals surface area (Å²) in [5.74, 6) is 2.76. The molecule has 1 fully saturated rings. The lowest BCUT2D eigenvalue weighted by atomic mass is 10.1. The predicted molar refractivity (Wildman–Crippen MR) is 120 cm³/mol. The van der Waals surface area contributed by atoms with Gasteiger partial charge in [0, 0.05) is 38.7 Å². The monoisotopic (exact) mass is 431 g/mol. The molecule has 0 aliphatic carbocycles. The Balaban J connectivity index is 1.56. The molecule has 1 aliphatic rings. The van der Waals surface area contributed by atoms with E-state index in [1.165, 1.54) is 11.8 Å². The highest BCUT2D eigenvalue weighted by Gasteiger charge is 2.15. The van der Waals surface area contributed by atoms with E-state index in [0.717, 1.165) is 50.4 Å². The molecule has 9 heteroatoms. The van der Waals surface area contributed by atoms with Gasteiger partial charge in [-0.2, -0.15) is 0 Å². The highest BCUT2D eigenvalue weighted by molar-refractivity contribution is 7.98. The van der Waals surface area contributed by atoms with Crippen LogP contribution in [-0.4, -0.2) is 62.5 Å². The fourth-order valence-electron chi connectivity index (χ4n) is 3.32. The van der Waals surface area contributed by atoms with Gasteiger partial charge in [-0.3, -0.25) is 4.79 Å². The molecule has 1 aromatic heterocycles. The Morgan fingerprint density at radius 1 is 1.17 bits per heavy atom. The normalized spacial score (nSPS) is 13.8. The Hall–Kier alpha value is -2.52. The minimum atomic E-state index is -0.0486. The summed E-state index contributed by atoms with van der Waals surface area (Å²) in [5, 5.41) is 6.93. The Bertz CT molecular complexity index is 859. The lowest BCUT2D eigenvalue weighted by molar-refractivity contribution is -0.116. The largest absolute Gasteiger partial charge is 0.493 e. The van der Waals surface area contributed by atoms with E-state index < -0.39 is 0 Å². The zero-order valence-corrected chi connectivity index (χ0v) is 18.6. The van der Waals surface area contributed by atoms with E-state index in [1.807, 2.05) is 30.5 Å². The number of benzene rings is 1. The van der Waals surface area contributed by atoms with Crippen LogP contribution in [0.4, 0.5) is 11.6 Å². The smallest absolute Gasteiger partial charge is 0.225 e. The molecular formula is C21H29N5O3S. The molecule has 30 heavy (non-hydrogen) atoms. The standard InChI is InChI=1S/C21H29N5O3S/c1-28-16-8-7-15(13-17(16)29-2)5-4-6-20(27)23-18-14-19(25-21(24-18)30-3)26-11-9-22-10-12-26/h7-8,13-14,22H,4-6,9-12H2,1-3H3,(H,23,24,25,27). The van der Waals surface area contributed by atoms with Gasteiger partial charge in [-0.25, -0.2) is 9.97 Å². The van der Waals surface area contributed by atoms with Crippen molar-refractivity contribution in [1.29, 1.82) is 0 Å². The highest BCUT2D eigenvalue weighted by Crippen LogP contribution is 2.28. The molecule has 0 bridgehead atoms. The van der Waals surface area contributed by atoms with Crippen LogP contribution in [0.1, 0.15) is 18.4 Å². The van der Waals surface area contributed by atoms with Crippen molar-refractivity contribution in [3.8, 4) is 11.5 Å².